The van der Waals surface area contributed by atoms with Gasteiger partial charge in [0.1, 0.15) is 5.03 Å². The Labute approximate surface area is 51.9 Å². The lowest BCUT2D eigenvalue weighted by atomic mass is 10.9. The molecule has 1 N–H and O–H groups in total. The minimum Gasteiger partial charge on any atom is -0.197 e. The SMILES string of the molecule is CCSc1cn[nH]n1. The van der Waals surface area contributed by atoms with E-state index in [1.807, 2.05) is 0 Å². The monoisotopic (exact) mass is 129 g/mol. The van der Waals surface area contributed by atoms with Crippen molar-refractivity contribution in [2.75, 3.05) is 5.75 Å². The van der Waals surface area contributed by atoms with Crippen molar-refractivity contribution in [1.82, 2.24) is 15.4 Å². The Morgan fingerprint density at radius 3 is 3.25 bits per heavy atom. The molecule has 0 fully saturated rings. The minimum atomic E-state index is 0.965. The van der Waals surface area contributed by atoms with Crippen LogP contribution in [0.25, 0.3) is 0 Å². The van der Waals surface area contributed by atoms with Crippen molar-refractivity contribution in [1.29, 1.82) is 0 Å². The second kappa shape index (κ2) is 2.71. The third-order valence-corrected chi connectivity index (χ3v) is 1.47. The van der Waals surface area contributed by atoms with Crippen LogP contribution in [-0.4, -0.2) is 21.2 Å². The Bertz CT molecular complexity index is 137. The van der Waals surface area contributed by atoms with E-state index in [-0.39, 0.29) is 0 Å². The summed E-state index contributed by atoms with van der Waals surface area (Å²) < 4.78 is 0. The predicted octanol–water partition coefficient (Wildman–Crippen LogP) is 0.917. The highest BCUT2D eigenvalue weighted by molar-refractivity contribution is 7.99. The van der Waals surface area contributed by atoms with Gasteiger partial charge in [-0.15, -0.1) is 16.9 Å². The number of hydrogen-bond donors (Lipinski definition) is 1. The van der Waals surface area contributed by atoms with E-state index in [1.54, 1.807) is 18.0 Å². The number of hydrogen-bond acceptors (Lipinski definition) is 3. The zero-order valence-electron chi connectivity index (χ0n) is 4.59. The van der Waals surface area contributed by atoms with Crippen LogP contribution in [-0.2, 0) is 0 Å². The molecule has 0 saturated carbocycles. The highest BCUT2D eigenvalue weighted by Crippen LogP contribution is 2.10. The number of H-pyrrole nitrogens is 1. The molecule has 1 rings (SSSR count). The lowest BCUT2D eigenvalue weighted by Gasteiger charge is -1.82. The van der Waals surface area contributed by atoms with Crippen molar-refractivity contribution in [3.63, 3.8) is 0 Å². The van der Waals surface area contributed by atoms with Crippen molar-refractivity contribution in [3.05, 3.63) is 6.20 Å². The highest BCUT2D eigenvalue weighted by atomic mass is 32.2. The van der Waals surface area contributed by atoms with E-state index in [2.05, 4.69) is 22.3 Å². The Kier molecular flexibility index (Phi) is 1.91. The van der Waals surface area contributed by atoms with E-state index in [0.717, 1.165) is 10.8 Å². The molecule has 1 aromatic rings. The zero-order valence-corrected chi connectivity index (χ0v) is 5.40. The van der Waals surface area contributed by atoms with Crippen LogP contribution >= 0.6 is 11.8 Å². The van der Waals surface area contributed by atoms with Crippen LogP contribution in [0.1, 0.15) is 6.92 Å². The number of nitrogens with one attached hydrogen (secondary N) is 1. The van der Waals surface area contributed by atoms with E-state index in [4.69, 9.17) is 0 Å². The van der Waals surface area contributed by atoms with Crippen LogP contribution in [0.5, 0.6) is 0 Å². The highest BCUT2D eigenvalue weighted by Gasteiger charge is 1.89. The van der Waals surface area contributed by atoms with E-state index >= 15 is 0 Å². The number of aromatic amines is 1. The molecule has 0 saturated heterocycles. The summed E-state index contributed by atoms with van der Waals surface area (Å²) in [5.41, 5.74) is 0. The molecule has 0 aromatic carbocycles. The van der Waals surface area contributed by atoms with Gasteiger partial charge in [0, 0.05) is 0 Å². The first-order valence-electron chi connectivity index (χ1n) is 2.42. The van der Waals surface area contributed by atoms with Gasteiger partial charge in [-0.25, -0.2) is 0 Å². The minimum absolute atomic E-state index is 0.965. The topological polar surface area (TPSA) is 41.6 Å². The van der Waals surface area contributed by atoms with Gasteiger partial charge in [-0.1, -0.05) is 6.92 Å². The molecule has 1 heterocycles. The predicted molar refractivity (Wildman–Crippen MR) is 32.8 cm³/mol. The van der Waals surface area contributed by atoms with Crippen LogP contribution in [0.3, 0.4) is 0 Å². The molecule has 44 valence electrons. The smallest absolute Gasteiger partial charge is 0.138 e. The maximum atomic E-state index is 3.83. The van der Waals surface area contributed by atoms with Crippen LogP contribution in [0.2, 0.25) is 0 Å². The molecule has 0 radical (unpaired) electrons. The molecule has 0 atom stereocenters. The van der Waals surface area contributed by atoms with Crippen molar-refractivity contribution >= 4 is 11.8 Å². The van der Waals surface area contributed by atoms with E-state index in [1.165, 1.54) is 0 Å². The van der Waals surface area contributed by atoms with E-state index < -0.39 is 0 Å². The summed E-state index contributed by atoms with van der Waals surface area (Å²) in [6.07, 6.45) is 1.72. The van der Waals surface area contributed by atoms with E-state index in [9.17, 15) is 0 Å². The molecule has 4 heteroatoms. The molecule has 3 nitrogen and oxygen atoms in total. The molecule has 0 spiro atoms. The molecule has 0 unspecified atom stereocenters. The summed E-state index contributed by atoms with van der Waals surface area (Å²) in [5.74, 6) is 1.05. The fourth-order valence-electron chi connectivity index (χ4n) is 0.409. The van der Waals surface area contributed by atoms with Gasteiger partial charge in [0.05, 0.1) is 6.20 Å². The van der Waals surface area contributed by atoms with Crippen LogP contribution in [0.4, 0.5) is 0 Å². The molecule has 0 aliphatic carbocycles. The molecule has 1 aromatic heterocycles. The lowest BCUT2D eigenvalue weighted by molar-refractivity contribution is 0.911. The van der Waals surface area contributed by atoms with Gasteiger partial charge >= 0.3 is 0 Å². The fraction of sp³-hybridized carbons (Fsp3) is 0.500. The van der Waals surface area contributed by atoms with Crippen LogP contribution in [0.15, 0.2) is 11.2 Å². The third kappa shape index (κ3) is 1.23. The van der Waals surface area contributed by atoms with Gasteiger partial charge in [0.25, 0.3) is 0 Å². The number of thioether (sulfide) groups is 1. The molecular formula is C4H7N3S. The molecular weight excluding hydrogens is 122 g/mol. The zero-order chi connectivity index (χ0) is 5.82. The summed E-state index contributed by atoms with van der Waals surface area (Å²) in [6.45, 7) is 2.08. The van der Waals surface area contributed by atoms with Gasteiger partial charge in [0.2, 0.25) is 0 Å². The molecule has 0 aliphatic rings. The first-order chi connectivity index (χ1) is 3.93. The molecule has 0 aliphatic heterocycles. The second-order valence-corrected chi connectivity index (χ2v) is 2.53. The summed E-state index contributed by atoms with van der Waals surface area (Å²) in [4.78, 5) is 0. The summed E-state index contributed by atoms with van der Waals surface area (Å²) in [6, 6.07) is 0. The lowest BCUT2D eigenvalue weighted by Crippen LogP contribution is -1.70. The Hall–Kier alpha value is -0.510. The summed E-state index contributed by atoms with van der Waals surface area (Å²) >= 11 is 1.68. The Balaban J connectivity index is 2.50. The quantitative estimate of drug-likeness (QED) is 0.603. The average Bonchev–Trinajstić information content (AvgIpc) is 2.19. The van der Waals surface area contributed by atoms with Crippen molar-refractivity contribution in [2.24, 2.45) is 0 Å². The van der Waals surface area contributed by atoms with Gasteiger partial charge in [-0.2, -0.15) is 10.3 Å². The number of nitrogens with zero attached hydrogens (tertiary/aromatic N) is 2. The van der Waals surface area contributed by atoms with Crippen molar-refractivity contribution < 1.29 is 0 Å². The summed E-state index contributed by atoms with van der Waals surface area (Å²) in [7, 11) is 0. The van der Waals surface area contributed by atoms with Gasteiger partial charge in [0.15, 0.2) is 0 Å². The number of aromatic nitrogens is 3. The van der Waals surface area contributed by atoms with E-state index in [0.29, 0.717) is 0 Å². The Morgan fingerprint density at radius 1 is 1.88 bits per heavy atom. The number of rotatable bonds is 2. The third-order valence-electron chi connectivity index (χ3n) is 0.685. The largest absolute Gasteiger partial charge is 0.197 e. The maximum Gasteiger partial charge on any atom is 0.138 e. The first kappa shape index (κ1) is 5.62. The fourth-order valence-corrected chi connectivity index (χ4v) is 0.937. The standard InChI is InChI=1S/C4H7N3S/c1-2-8-4-3-5-7-6-4/h3H,2H2,1H3,(H,5,6,7). The average molecular weight is 129 g/mol. The van der Waals surface area contributed by atoms with Crippen molar-refractivity contribution in [3.8, 4) is 0 Å². The summed E-state index contributed by atoms with van der Waals surface area (Å²) in [5, 5.41) is 11.0. The second-order valence-electron chi connectivity index (χ2n) is 1.24. The van der Waals surface area contributed by atoms with Crippen molar-refractivity contribution in [2.45, 2.75) is 11.9 Å². The van der Waals surface area contributed by atoms with Gasteiger partial charge < -0.3 is 0 Å². The normalized spacial score (nSPS) is 9.62. The molecule has 8 heavy (non-hydrogen) atoms. The van der Waals surface area contributed by atoms with Gasteiger partial charge in [-0.3, -0.25) is 0 Å². The van der Waals surface area contributed by atoms with Crippen LogP contribution < -0.4 is 0 Å². The molecule has 0 bridgehead atoms. The molecule has 0 amide bonds. The Morgan fingerprint density at radius 2 is 2.75 bits per heavy atom. The maximum absolute atomic E-state index is 3.83. The van der Waals surface area contributed by atoms with Gasteiger partial charge in [-0.05, 0) is 5.75 Å². The first-order valence-corrected chi connectivity index (χ1v) is 3.40. The van der Waals surface area contributed by atoms with Crippen LogP contribution in [0, 0.1) is 0 Å².